The maximum absolute atomic E-state index is 14.4. The molecule has 0 saturated carbocycles. The van der Waals surface area contributed by atoms with E-state index in [-0.39, 0.29) is 11.7 Å². The average molecular weight is 573 g/mol. The Labute approximate surface area is 244 Å². The minimum atomic E-state index is -0.623. The number of thioether (sulfide) groups is 1. The Morgan fingerprint density at radius 1 is 1.17 bits per heavy atom. The van der Waals surface area contributed by atoms with Gasteiger partial charge in [-0.25, -0.2) is 4.39 Å². The highest BCUT2D eigenvalue weighted by Crippen LogP contribution is 2.35. The standard InChI is InChI=1S/C32H33FN4O3S/c1-2-4-29(31(35)38)37-19-26-25(32(37)39)5-3-6-30(26)40-20-21-7-10-23(11-8-21)41-24-13-15-36(16-14-24)28-12-9-22(18-34)17-27(28)33/h3,5-12,17,24,29H,2,4,13-16,19-20H2,1H3,(H2,35,38). The van der Waals surface area contributed by atoms with Crippen LogP contribution in [0.15, 0.2) is 65.6 Å². The number of piperidine rings is 1. The van der Waals surface area contributed by atoms with E-state index >= 15 is 0 Å². The first-order valence-electron chi connectivity index (χ1n) is 13.9. The van der Waals surface area contributed by atoms with E-state index in [2.05, 4.69) is 29.2 Å². The summed E-state index contributed by atoms with van der Waals surface area (Å²) in [6, 6.07) is 19.7. The second-order valence-corrected chi connectivity index (χ2v) is 11.8. The van der Waals surface area contributed by atoms with E-state index in [1.54, 1.807) is 29.2 Å². The average Bonchev–Trinajstić information content (AvgIpc) is 3.32. The van der Waals surface area contributed by atoms with Gasteiger partial charge in [-0.2, -0.15) is 5.26 Å². The van der Waals surface area contributed by atoms with Crippen LogP contribution in [0.4, 0.5) is 10.1 Å². The highest BCUT2D eigenvalue weighted by atomic mass is 32.2. The second-order valence-electron chi connectivity index (χ2n) is 10.4. The van der Waals surface area contributed by atoms with Crippen LogP contribution < -0.4 is 15.4 Å². The van der Waals surface area contributed by atoms with Gasteiger partial charge in [0.15, 0.2) is 0 Å². The zero-order chi connectivity index (χ0) is 28.9. The maximum Gasteiger partial charge on any atom is 0.255 e. The highest BCUT2D eigenvalue weighted by Gasteiger charge is 2.36. The van der Waals surface area contributed by atoms with Gasteiger partial charge in [-0.1, -0.05) is 31.5 Å². The summed E-state index contributed by atoms with van der Waals surface area (Å²) in [4.78, 5) is 29.8. The number of amides is 2. The number of hydrogen-bond donors (Lipinski definition) is 1. The number of nitriles is 1. The minimum absolute atomic E-state index is 0.183. The normalized spacial score (nSPS) is 15.9. The van der Waals surface area contributed by atoms with Gasteiger partial charge in [0.2, 0.25) is 5.91 Å². The predicted octanol–water partition coefficient (Wildman–Crippen LogP) is 5.65. The van der Waals surface area contributed by atoms with Crippen LogP contribution in [0.25, 0.3) is 0 Å². The summed E-state index contributed by atoms with van der Waals surface area (Å²) in [7, 11) is 0. The van der Waals surface area contributed by atoms with Crippen LogP contribution in [-0.4, -0.2) is 41.1 Å². The van der Waals surface area contributed by atoms with Crippen LogP contribution in [0.1, 0.15) is 59.7 Å². The molecule has 2 aliphatic rings. The highest BCUT2D eigenvalue weighted by molar-refractivity contribution is 8.00. The van der Waals surface area contributed by atoms with Gasteiger partial charge in [0.25, 0.3) is 5.91 Å². The van der Waals surface area contributed by atoms with Gasteiger partial charge in [-0.3, -0.25) is 9.59 Å². The van der Waals surface area contributed by atoms with Gasteiger partial charge >= 0.3 is 0 Å². The van der Waals surface area contributed by atoms with Gasteiger partial charge in [0.1, 0.15) is 24.2 Å². The fourth-order valence-electron chi connectivity index (χ4n) is 5.50. The number of hydrogen-bond acceptors (Lipinski definition) is 6. The van der Waals surface area contributed by atoms with E-state index in [4.69, 9.17) is 15.7 Å². The molecule has 2 amide bonds. The molecule has 1 unspecified atom stereocenters. The molecule has 212 valence electrons. The summed E-state index contributed by atoms with van der Waals surface area (Å²) >= 11 is 1.84. The third-order valence-electron chi connectivity index (χ3n) is 7.70. The number of anilines is 1. The minimum Gasteiger partial charge on any atom is -0.489 e. The van der Waals surface area contributed by atoms with Crippen molar-refractivity contribution < 1.29 is 18.7 Å². The van der Waals surface area contributed by atoms with Crippen LogP contribution in [-0.2, 0) is 17.9 Å². The van der Waals surface area contributed by atoms with Crippen molar-refractivity contribution in [3.8, 4) is 11.8 Å². The Morgan fingerprint density at radius 2 is 1.93 bits per heavy atom. The quantitative estimate of drug-likeness (QED) is 0.337. The van der Waals surface area contributed by atoms with E-state index in [9.17, 15) is 14.0 Å². The molecule has 1 saturated heterocycles. The van der Waals surface area contributed by atoms with E-state index in [1.165, 1.54) is 11.0 Å². The number of rotatable bonds is 10. The lowest BCUT2D eigenvalue weighted by molar-refractivity contribution is -0.122. The molecule has 9 heteroatoms. The van der Waals surface area contributed by atoms with E-state index in [0.29, 0.717) is 47.4 Å². The fourth-order valence-corrected chi connectivity index (χ4v) is 6.63. The molecule has 3 aromatic carbocycles. The number of carbonyl (C=O) groups is 2. The molecule has 3 aromatic rings. The van der Waals surface area contributed by atoms with E-state index < -0.39 is 11.9 Å². The van der Waals surface area contributed by atoms with E-state index in [0.717, 1.165) is 43.5 Å². The van der Waals surface area contributed by atoms with Crippen molar-refractivity contribution in [1.82, 2.24) is 4.90 Å². The predicted molar refractivity (Wildman–Crippen MR) is 157 cm³/mol. The van der Waals surface area contributed by atoms with Crippen LogP contribution in [0, 0.1) is 17.1 Å². The molecule has 5 rings (SSSR count). The molecule has 41 heavy (non-hydrogen) atoms. The number of nitrogens with zero attached hydrogens (tertiary/aromatic N) is 3. The molecule has 0 spiro atoms. The van der Waals surface area contributed by atoms with Crippen molar-refractivity contribution in [2.45, 2.75) is 61.9 Å². The number of fused-ring (bicyclic) bond motifs is 1. The van der Waals surface area contributed by atoms with Gasteiger partial charge in [0, 0.05) is 34.4 Å². The zero-order valence-electron chi connectivity index (χ0n) is 23.0. The van der Waals surface area contributed by atoms with Crippen LogP contribution in [0.5, 0.6) is 5.75 Å². The van der Waals surface area contributed by atoms with Gasteiger partial charge in [-0.05, 0) is 67.3 Å². The summed E-state index contributed by atoms with van der Waals surface area (Å²) in [5, 5.41) is 9.41. The summed E-state index contributed by atoms with van der Waals surface area (Å²) in [6.45, 7) is 4.17. The maximum atomic E-state index is 14.4. The SMILES string of the molecule is CCCC(C(N)=O)N1Cc2c(OCc3ccc(SC4CCN(c5ccc(C#N)cc5F)CC4)cc3)cccc2C1=O. The number of benzene rings is 3. The largest absolute Gasteiger partial charge is 0.489 e. The molecule has 0 radical (unpaired) electrons. The third-order valence-corrected chi connectivity index (χ3v) is 9.05. The molecule has 0 aliphatic carbocycles. The zero-order valence-corrected chi connectivity index (χ0v) is 23.8. The lowest BCUT2D eigenvalue weighted by Crippen LogP contribution is -2.44. The molecular formula is C32H33FN4O3S. The smallest absolute Gasteiger partial charge is 0.255 e. The van der Waals surface area contributed by atoms with Crippen LogP contribution in [0.2, 0.25) is 0 Å². The fraction of sp³-hybridized carbons (Fsp3) is 0.344. The second kappa shape index (κ2) is 12.6. The Bertz CT molecular complexity index is 1460. The van der Waals surface area contributed by atoms with Gasteiger partial charge in [0.05, 0.1) is 23.9 Å². The first kappa shape index (κ1) is 28.5. The summed E-state index contributed by atoms with van der Waals surface area (Å²) in [6.07, 6.45) is 3.17. The first-order chi connectivity index (χ1) is 19.9. The molecule has 2 aliphatic heterocycles. The number of primary amides is 1. The number of ether oxygens (including phenoxy) is 1. The molecule has 0 bridgehead atoms. The Kier molecular flexibility index (Phi) is 8.79. The number of halogens is 1. The summed E-state index contributed by atoms with van der Waals surface area (Å²) < 4.78 is 20.6. The molecule has 1 fully saturated rings. The molecular weight excluding hydrogens is 539 g/mol. The summed E-state index contributed by atoms with van der Waals surface area (Å²) in [5.74, 6) is -0.373. The Hall–Kier alpha value is -4.03. The Morgan fingerprint density at radius 3 is 2.59 bits per heavy atom. The molecule has 2 N–H and O–H groups in total. The van der Waals surface area contributed by atoms with Crippen molar-refractivity contribution in [3.63, 3.8) is 0 Å². The number of nitrogens with two attached hydrogens (primary N) is 1. The molecule has 7 nitrogen and oxygen atoms in total. The van der Waals surface area contributed by atoms with Gasteiger partial charge in [-0.15, -0.1) is 11.8 Å². The van der Waals surface area contributed by atoms with Crippen molar-refractivity contribution in [1.29, 1.82) is 5.26 Å². The number of carbonyl (C=O) groups excluding carboxylic acids is 2. The molecule has 0 aromatic heterocycles. The van der Waals surface area contributed by atoms with Crippen molar-refractivity contribution in [3.05, 3.63) is 88.7 Å². The van der Waals surface area contributed by atoms with Crippen LogP contribution >= 0.6 is 11.8 Å². The Balaban J connectivity index is 1.15. The monoisotopic (exact) mass is 572 g/mol. The van der Waals surface area contributed by atoms with Gasteiger partial charge < -0.3 is 20.3 Å². The first-order valence-corrected chi connectivity index (χ1v) is 14.8. The van der Waals surface area contributed by atoms with Crippen LogP contribution in [0.3, 0.4) is 0 Å². The molecule has 1 atom stereocenters. The van der Waals surface area contributed by atoms with Crippen molar-refractivity contribution in [2.75, 3.05) is 18.0 Å². The third kappa shape index (κ3) is 6.33. The lowest BCUT2D eigenvalue weighted by atomic mass is 10.1. The molecule has 2 heterocycles. The van der Waals surface area contributed by atoms with E-state index in [1.807, 2.05) is 30.8 Å². The topological polar surface area (TPSA) is 99.7 Å². The van der Waals surface area contributed by atoms with Crippen molar-refractivity contribution >= 4 is 29.3 Å². The van der Waals surface area contributed by atoms with Crippen molar-refractivity contribution in [2.24, 2.45) is 5.73 Å². The lowest BCUT2D eigenvalue weighted by Gasteiger charge is -2.33. The summed E-state index contributed by atoms with van der Waals surface area (Å²) in [5.41, 5.74) is 8.86.